The van der Waals surface area contributed by atoms with E-state index in [4.69, 9.17) is 41.8 Å². The average Bonchev–Trinajstić information content (AvgIpc) is 3.17. The number of nitrogens with zero attached hydrogens (tertiary/aromatic N) is 2. The minimum absolute atomic E-state index is 0.155. The Kier molecular flexibility index (Phi) is 6.38. The largest absolute Gasteiger partial charge is 0.493 e. The van der Waals surface area contributed by atoms with Crippen molar-refractivity contribution in [1.82, 2.24) is 10.2 Å². The number of carbonyl (C=O) groups excluding carboxylic acids is 1. The van der Waals surface area contributed by atoms with Gasteiger partial charge in [0.05, 0.1) is 24.3 Å². The van der Waals surface area contributed by atoms with Gasteiger partial charge < -0.3 is 18.6 Å². The maximum atomic E-state index is 12.3. The molecule has 28 heavy (non-hydrogen) atoms. The fourth-order valence-corrected chi connectivity index (χ4v) is 2.74. The summed E-state index contributed by atoms with van der Waals surface area (Å²) in [6.07, 6.45) is 0. The summed E-state index contributed by atoms with van der Waals surface area (Å²) in [7, 11) is 1.46. The van der Waals surface area contributed by atoms with Crippen molar-refractivity contribution >= 4 is 29.2 Å². The lowest BCUT2D eigenvalue weighted by Crippen LogP contribution is -2.07. The molecule has 0 fully saturated rings. The van der Waals surface area contributed by atoms with Crippen molar-refractivity contribution in [3.63, 3.8) is 0 Å². The van der Waals surface area contributed by atoms with E-state index in [0.717, 1.165) is 0 Å². The van der Waals surface area contributed by atoms with Gasteiger partial charge >= 0.3 is 5.97 Å². The number of ether oxygens (including phenoxy) is 3. The molecular weight excluding hydrogens is 407 g/mol. The maximum Gasteiger partial charge on any atom is 0.338 e. The SMILES string of the molecule is CCOc1c(Cl)cc(C(=O)OCc2nnc(-c3ccc(Cl)cc3)o2)cc1OC. The summed E-state index contributed by atoms with van der Waals surface area (Å²) in [5.41, 5.74) is 0.917. The number of esters is 1. The first-order chi connectivity index (χ1) is 13.5. The second-order valence-corrected chi connectivity index (χ2v) is 6.35. The first-order valence-electron chi connectivity index (χ1n) is 8.27. The van der Waals surface area contributed by atoms with Crippen LogP contribution in [-0.4, -0.2) is 29.9 Å². The molecule has 9 heteroatoms. The van der Waals surface area contributed by atoms with E-state index in [9.17, 15) is 4.79 Å². The number of hydrogen-bond donors (Lipinski definition) is 0. The van der Waals surface area contributed by atoms with E-state index in [2.05, 4.69) is 10.2 Å². The molecule has 0 amide bonds. The minimum Gasteiger partial charge on any atom is -0.493 e. The lowest BCUT2D eigenvalue weighted by Gasteiger charge is -2.12. The predicted octanol–water partition coefficient (Wildman–Crippen LogP) is 4.81. The molecular formula is C19H16Cl2N2O5. The second-order valence-electron chi connectivity index (χ2n) is 5.51. The molecule has 0 aliphatic carbocycles. The molecule has 0 saturated carbocycles. The molecule has 3 rings (SSSR count). The molecule has 7 nitrogen and oxygen atoms in total. The third-order valence-corrected chi connectivity index (χ3v) is 4.17. The van der Waals surface area contributed by atoms with E-state index in [1.807, 2.05) is 6.92 Å². The van der Waals surface area contributed by atoms with Gasteiger partial charge in [-0.15, -0.1) is 10.2 Å². The molecule has 146 valence electrons. The number of hydrogen-bond acceptors (Lipinski definition) is 7. The second kappa shape index (κ2) is 8.95. The number of methoxy groups -OCH3 is 1. The van der Waals surface area contributed by atoms with Crippen molar-refractivity contribution in [3.05, 3.63) is 57.9 Å². The molecule has 1 heterocycles. The van der Waals surface area contributed by atoms with Gasteiger partial charge in [0.25, 0.3) is 5.89 Å². The van der Waals surface area contributed by atoms with Crippen molar-refractivity contribution in [1.29, 1.82) is 0 Å². The van der Waals surface area contributed by atoms with E-state index in [1.54, 1.807) is 24.3 Å². The zero-order valence-electron chi connectivity index (χ0n) is 15.1. The molecule has 0 N–H and O–H groups in total. The van der Waals surface area contributed by atoms with E-state index in [-0.39, 0.29) is 23.1 Å². The van der Waals surface area contributed by atoms with Gasteiger partial charge in [0.15, 0.2) is 18.1 Å². The summed E-state index contributed by atoms with van der Waals surface area (Å²) < 4.78 is 21.4. The van der Waals surface area contributed by atoms with Crippen LogP contribution in [0.15, 0.2) is 40.8 Å². The van der Waals surface area contributed by atoms with E-state index in [0.29, 0.717) is 34.6 Å². The summed E-state index contributed by atoms with van der Waals surface area (Å²) >= 11 is 12.0. The summed E-state index contributed by atoms with van der Waals surface area (Å²) in [6, 6.07) is 9.86. The van der Waals surface area contributed by atoms with Gasteiger partial charge in [-0.25, -0.2) is 4.79 Å². The van der Waals surface area contributed by atoms with Gasteiger partial charge in [0.1, 0.15) is 0 Å². The normalized spacial score (nSPS) is 10.6. The summed E-state index contributed by atoms with van der Waals surface area (Å²) in [5, 5.41) is 8.65. The molecule has 0 aliphatic rings. The van der Waals surface area contributed by atoms with Crippen LogP contribution in [0.4, 0.5) is 0 Å². The Morgan fingerprint density at radius 3 is 2.57 bits per heavy atom. The fourth-order valence-electron chi connectivity index (χ4n) is 2.35. The molecule has 2 aromatic carbocycles. The zero-order chi connectivity index (χ0) is 20.1. The Labute approximate surface area is 171 Å². The molecule has 3 aromatic rings. The molecule has 0 bridgehead atoms. The highest BCUT2D eigenvalue weighted by Crippen LogP contribution is 2.36. The van der Waals surface area contributed by atoms with E-state index < -0.39 is 5.97 Å². The molecule has 0 aliphatic heterocycles. The number of carbonyl (C=O) groups is 1. The molecule has 0 radical (unpaired) electrons. The van der Waals surface area contributed by atoms with Gasteiger partial charge in [0.2, 0.25) is 5.89 Å². The third kappa shape index (κ3) is 4.55. The number of rotatable bonds is 7. The van der Waals surface area contributed by atoms with Gasteiger partial charge in [-0.3, -0.25) is 0 Å². The van der Waals surface area contributed by atoms with Crippen molar-refractivity contribution in [2.75, 3.05) is 13.7 Å². The Hall–Kier alpha value is -2.77. The fraction of sp³-hybridized carbons (Fsp3) is 0.211. The van der Waals surface area contributed by atoms with E-state index in [1.165, 1.54) is 19.2 Å². The van der Waals surface area contributed by atoms with Crippen molar-refractivity contribution in [2.45, 2.75) is 13.5 Å². The van der Waals surface area contributed by atoms with Crippen LogP contribution in [0.5, 0.6) is 11.5 Å². The molecule has 0 atom stereocenters. The zero-order valence-corrected chi connectivity index (χ0v) is 16.6. The predicted molar refractivity (Wildman–Crippen MR) is 103 cm³/mol. The maximum absolute atomic E-state index is 12.3. The highest BCUT2D eigenvalue weighted by molar-refractivity contribution is 6.32. The van der Waals surface area contributed by atoms with Crippen LogP contribution < -0.4 is 9.47 Å². The summed E-state index contributed by atoms with van der Waals surface area (Å²) in [5.74, 6) is 0.544. The number of halogens is 2. The Bertz CT molecular complexity index is 973. The first kappa shape index (κ1) is 20.0. The highest BCUT2D eigenvalue weighted by Gasteiger charge is 2.18. The monoisotopic (exact) mass is 422 g/mol. The smallest absolute Gasteiger partial charge is 0.338 e. The van der Waals surface area contributed by atoms with Crippen molar-refractivity contribution < 1.29 is 23.4 Å². The van der Waals surface area contributed by atoms with Crippen LogP contribution >= 0.6 is 23.2 Å². The lowest BCUT2D eigenvalue weighted by atomic mass is 10.2. The van der Waals surface area contributed by atoms with Gasteiger partial charge in [-0.2, -0.15) is 0 Å². The van der Waals surface area contributed by atoms with Crippen molar-refractivity contribution in [2.24, 2.45) is 0 Å². The first-order valence-corrected chi connectivity index (χ1v) is 9.03. The van der Waals surface area contributed by atoms with Crippen LogP contribution in [0, 0.1) is 0 Å². The lowest BCUT2D eigenvalue weighted by molar-refractivity contribution is 0.0438. The molecule has 0 saturated heterocycles. The van der Waals surface area contributed by atoms with Crippen LogP contribution in [0.2, 0.25) is 10.0 Å². The third-order valence-electron chi connectivity index (χ3n) is 3.64. The van der Waals surface area contributed by atoms with E-state index >= 15 is 0 Å². The molecule has 0 unspecified atom stereocenters. The Balaban J connectivity index is 1.69. The Morgan fingerprint density at radius 1 is 1.14 bits per heavy atom. The standard InChI is InChI=1S/C19H16Cl2N2O5/c1-3-26-17-14(21)8-12(9-15(17)25-2)19(24)27-10-16-22-23-18(28-16)11-4-6-13(20)7-5-11/h4-9H,3,10H2,1-2H3. The number of benzene rings is 2. The average molecular weight is 423 g/mol. The van der Waals surface area contributed by atoms with Gasteiger partial charge in [-0.1, -0.05) is 23.2 Å². The molecule has 0 spiro atoms. The van der Waals surface area contributed by atoms with Crippen LogP contribution in [0.25, 0.3) is 11.5 Å². The number of aromatic nitrogens is 2. The van der Waals surface area contributed by atoms with Crippen LogP contribution in [0.1, 0.15) is 23.2 Å². The highest BCUT2D eigenvalue weighted by atomic mass is 35.5. The van der Waals surface area contributed by atoms with Crippen molar-refractivity contribution in [3.8, 4) is 23.0 Å². The quantitative estimate of drug-likeness (QED) is 0.505. The summed E-state index contributed by atoms with van der Waals surface area (Å²) in [4.78, 5) is 12.3. The molecule has 1 aromatic heterocycles. The summed E-state index contributed by atoms with van der Waals surface area (Å²) in [6.45, 7) is 2.04. The van der Waals surface area contributed by atoms with Crippen LogP contribution in [-0.2, 0) is 11.3 Å². The van der Waals surface area contributed by atoms with Crippen LogP contribution in [0.3, 0.4) is 0 Å². The minimum atomic E-state index is -0.616. The van der Waals surface area contributed by atoms with Gasteiger partial charge in [-0.05, 0) is 43.3 Å². The van der Waals surface area contributed by atoms with Gasteiger partial charge in [0, 0.05) is 10.6 Å². The topological polar surface area (TPSA) is 83.7 Å². The Morgan fingerprint density at radius 2 is 1.89 bits per heavy atom.